The number of rotatable bonds is 9. The van der Waals surface area contributed by atoms with Crippen LogP contribution < -0.4 is 15.8 Å². The van der Waals surface area contributed by atoms with E-state index in [1.807, 2.05) is 56.3 Å². The van der Waals surface area contributed by atoms with E-state index in [9.17, 15) is 18.2 Å². The van der Waals surface area contributed by atoms with Gasteiger partial charge in [0.15, 0.2) is 0 Å². The van der Waals surface area contributed by atoms with Crippen molar-refractivity contribution in [2.24, 2.45) is 11.1 Å². The van der Waals surface area contributed by atoms with Crippen LogP contribution in [-0.2, 0) is 20.9 Å². The standard InChI is InChI=1S/C32H39FN4O3S/c1-22(2)29(35-30(38)27-21-24(10-15-28(27)33)20-23-8-6-5-7-9-23)31(39)37-18-16-32(3,17-19-37)36-25-11-13-26(14-12-25)41(4,34)40/h5-15,21-22,29,36H,4,16-20H2,1-3H3,(H2,34,40)(H,35,38). The number of carbonyl (C=O) groups excluding carboxylic acids is 2. The Morgan fingerprint density at radius 2 is 1.66 bits per heavy atom. The fraction of sp³-hybridized carbons (Fsp3) is 0.344. The zero-order chi connectivity index (χ0) is 29.8. The predicted molar refractivity (Wildman–Crippen MR) is 164 cm³/mol. The molecule has 2 amide bonds. The molecule has 41 heavy (non-hydrogen) atoms. The number of nitrogens with zero attached hydrogens (tertiary/aromatic N) is 1. The molecular formula is C32H39FN4O3S. The Balaban J connectivity index is 1.39. The van der Waals surface area contributed by atoms with E-state index in [1.54, 1.807) is 29.2 Å². The number of nitrogens with two attached hydrogens (primary N) is 1. The fourth-order valence-electron chi connectivity index (χ4n) is 5.08. The van der Waals surface area contributed by atoms with E-state index in [0.29, 0.717) is 37.2 Å². The summed E-state index contributed by atoms with van der Waals surface area (Å²) in [5, 5.41) is 12.0. The molecule has 0 bridgehead atoms. The number of carbonyl (C=O) groups is 2. The number of likely N-dealkylation sites (tertiary alicyclic amines) is 1. The summed E-state index contributed by atoms with van der Waals surface area (Å²) in [6.07, 6.45) is 1.96. The second-order valence-corrected chi connectivity index (χ2v) is 13.4. The van der Waals surface area contributed by atoms with Crippen molar-refractivity contribution in [2.45, 2.75) is 56.5 Å². The third kappa shape index (κ3) is 7.74. The largest absolute Gasteiger partial charge is 0.380 e. The summed E-state index contributed by atoms with van der Waals surface area (Å²) in [6.45, 7) is 6.86. The Bertz CT molecular complexity index is 1480. The normalized spacial score (nSPS) is 17.0. The molecule has 1 aliphatic rings. The second kappa shape index (κ2) is 12.4. The Hall–Kier alpha value is -3.69. The summed E-state index contributed by atoms with van der Waals surface area (Å²) < 4.78 is 26.7. The molecule has 218 valence electrons. The Labute approximate surface area is 242 Å². The summed E-state index contributed by atoms with van der Waals surface area (Å²) in [5.41, 5.74) is 2.41. The van der Waals surface area contributed by atoms with Crippen molar-refractivity contribution in [3.63, 3.8) is 0 Å². The van der Waals surface area contributed by atoms with E-state index < -0.39 is 27.5 Å². The van der Waals surface area contributed by atoms with Gasteiger partial charge in [0.05, 0.1) is 15.3 Å². The predicted octanol–water partition coefficient (Wildman–Crippen LogP) is 4.61. The highest BCUT2D eigenvalue weighted by Gasteiger charge is 2.36. The molecule has 0 radical (unpaired) electrons. The van der Waals surface area contributed by atoms with Crippen LogP contribution in [0.1, 0.15) is 55.1 Å². The van der Waals surface area contributed by atoms with Gasteiger partial charge in [-0.25, -0.2) is 8.60 Å². The highest BCUT2D eigenvalue weighted by atomic mass is 32.2. The molecule has 4 N–H and O–H groups in total. The molecular weight excluding hydrogens is 539 g/mol. The first kappa shape index (κ1) is 30.3. The molecule has 1 fully saturated rings. The summed E-state index contributed by atoms with van der Waals surface area (Å²) in [4.78, 5) is 29.0. The number of halogens is 1. The van der Waals surface area contributed by atoms with Crippen LogP contribution in [0.15, 0.2) is 77.7 Å². The van der Waals surface area contributed by atoms with Gasteiger partial charge in [-0.05, 0) is 85.5 Å². The highest BCUT2D eigenvalue weighted by molar-refractivity contribution is 7.98. The van der Waals surface area contributed by atoms with E-state index in [2.05, 4.69) is 23.4 Å². The van der Waals surface area contributed by atoms with E-state index in [-0.39, 0.29) is 22.9 Å². The molecule has 1 aliphatic heterocycles. The number of piperidine rings is 1. The quantitative estimate of drug-likeness (QED) is 0.323. The smallest absolute Gasteiger partial charge is 0.254 e. The van der Waals surface area contributed by atoms with Gasteiger partial charge in [0.2, 0.25) is 5.91 Å². The molecule has 0 aliphatic carbocycles. The van der Waals surface area contributed by atoms with Crippen molar-refractivity contribution in [1.82, 2.24) is 10.2 Å². The van der Waals surface area contributed by atoms with Crippen LogP contribution in [0.25, 0.3) is 0 Å². The SMILES string of the molecule is C=S(N)(=O)c1ccc(NC2(C)CCN(C(=O)C(NC(=O)c3cc(Cc4ccccc4)ccc3F)C(C)C)CC2)cc1. The summed E-state index contributed by atoms with van der Waals surface area (Å²) >= 11 is 0. The first-order valence-corrected chi connectivity index (χ1v) is 15.6. The summed E-state index contributed by atoms with van der Waals surface area (Å²) in [7, 11) is -2.77. The summed E-state index contributed by atoms with van der Waals surface area (Å²) in [6, 6.07) is 20.6. The number of anilines is 1. The minimum Gasteiger partial charge on any atom is -0.380 e. The molecule has 1 saturated heterocycles. The van der Waals surface area contributed by atoms with Crippen molar-refractivity contribution < 1.29 is 18.2 Å². The van der Waals surface area contributed by atoms with Gasteiger partial charge in [0, 0.05) is 29.2 Å². The van der Waals surface area contributed by atoms with E-state index in [1.165, 1.54) is 6.07 Å². The molecule has 1 heterocycles. The Kier molecular flexibility index (Phi) is 9.19. The van der Waals surface area contributed by atoms with Crippen molar-refractivity contribution in [3.05, 3.63) is 95.3 Å². The van der Waals surface area contributed by atoms with Crippen LogP contribution in [0.5, 0.6) is 0 Å². The maximum atomic E-state index is 14.7. The molecule has 9 heteroatoms. The summed E-state index contributed by atoms with van der Waals surface area (Å²) in [5.74, 6) is 1.94. The maximum absolute atomic E-state index is 14.7. The van der Waals surface area contributed by atoms with Crippen molar-refractivity contribution in [3.8, 4) is 0 Å². The van der Waals surface area contributed by atoms with E-state index >= 15 is 0 Å². The number of benzene rings is 3. The number of amides is 2. The molecule has 0 spiro atoms. The lowest BCUT2D eigenvalue weighted by Gasteiger charge is -2.42. The lowest BCUT2D eigenvalue weighted by molar-refractivity contribution is -0.135. The van der Waals surface area contributed by atoms with Crippen molar-refractivity contribution in [1.29, 1.82) is 0 Å². The first-order valence-electron chi connectivity index (χ1n) is 13.8. The number of hydrogen-bond donors (Lipinski definition) is 3. The third-order valence-electron chi connectivity index (χ3n) is 7.62. The van der Waals surface area contributed by atoms with Crippen molar-refractivity contribution >= 4 is 33.1 Å². The van der Waals surface area contributed by atoms with Crippen molar-refractivity contribution in [2.75, 3.05) is 18.4 Å². The van der Waals surface area contributed by atoms with Crippen LogP contribution in [0.2, 0.25) is 0 Å². The number of nitrogens with one attached hydrogen (secondary N) is 2. The molecule has 3 aromatic rings. The Morgan fingerprint density at radius 1 is 1.02 bits per heavy atom. The van der Waals surface area contributed by atoms with Crippen LogP contribution in [-0.4, -0.2) is 51.5 Å². The minimum absolute atomic E-state index is 0.0670. The molecule has 4 rings (SSSR count). The molecule has 2 unspecified atom stereocenters. The first-order chi connectivity index (χ1) is 19.3. The molecule has 0 aromatic heterocycles. The third-order valence-corrected chi connectivity index (χ3v) is 8.69. The average molecular weight is 579 g/mol. The number of hydrogen-bond acceptors (Lipinski definition) is 4. The zero-order valence-electron chi connectivity index (χ0n) is 23.9. The fourth-order valence-corrected chi connectivity index (χ4v) is 5.68. The van der Waals surface area contributed by atoms with Gasteiger partial charge in [-0.15, -0.1) is 0 Å². The topological polar surface area (TPSA) is 105 Å². The molecule has 2 atom stereocenters. The van der Waals surface area contributed by atoms with Crippen LogP contribution >= 0.6 is 0 Å². The zero-order valence-corrected chi connectivity index (χ0v) is 24.7. The van der Waals surface area contributed by atoms with Crippen LogP contribution in [0.4, 0.5) is 10.1 Å². The van der Waals surface area contributed by atoms with Crippen LogP contribution in [0.3, 0.4) is 0 Å². The monoisotopic (exact) mass is 578 g/mol. The van der Waals surface area contributed by atoms with E-state index in [4.69, 9.17) is 5.14 Å². The maximum Gasteiger partial charge on any atom is 0.254 e. The molecule has 0 saturated carbocycles. The van der Waals surface area contributed by atoms with Crippen LogP contribution in [0, 0.1) is 11.7 Å². The van der Waals surface area contributed by atoms with Gasteiger partial charge in [-0.2, -0.15) is 0 Å². The average Bonchev–Trinajstić information content (AvgIpc) is 2.93. The van der Waals surface area contributed by atoms with Gasteiger partial charge in [0.25, 0.3) is 5.91 Å². The molecule has 7 nitrogen and oxygen atoms in total. The van der Waals surface area contributed by atoms with Gasteiger partial charge in [0.1, 0.15) is 11.9 Å². The van der Waals surface area contributed by atoms with Gasteiger partial charge < -0.3 is 15.5 Å². The minimum atomic E-state index is -2.77. The molecule has 3 aromatic carbocycles. The van der Waals surface area contributed by atoms with E-state index in [0.717, 1.165) is 16.8 Å². The lowest BCUT2D eigenvalue weighted by Crippen LogP contribution is -2.56. The van der Waals surface area contributed by atoms with Gasteiger partial charge in [-0.3, -0.25) is 14.7 Å². The highest BCUT2D eigenvalue weighted by Crippen LogP contribution is 2.28. The lowest BCUT2D eigenvalue weighted by atomic mass is 9.88. The second-order valence-electron chi connectivity index (χ2n) is 11.4. The van der Waals surface area contributed by atoms with Gasteiger partial charge >= 0.3 is 0 Å². The van der Waals surface area contributed by atoms with Gasteiger partial charge in [-0.1, -0.05) is 50.2 Å². The Morgan fingerprint density at radius 3 is 2.24 bits per heavy atom.